The van der Waals surface area contributed by atoms with Crippen molar-refractivity contribution in [3.05, 3.63) is 35.9 Å². The Bertz CT molecular complexity index is 323. The molecule has 0 amide bonds. The van der Waals surface area contributed by atoms with Crippen molar-refractivity contribution >= 4 is 0 Å². The standard InChI is InChI=1S/C12H15NO/c1-2-12(14)11(13)9-8-10-6-4-3-5-7-10/h3-7,11-12,14H,2,13H2,1H3. The van der Waals surface area contributed by atoms with Crippen LogP contribution >= 0.6 is 0 Å². The zero-order valence-electron chi connectivity index (χ0n) is 8.27. The molecule has 3 N–H and O–H groups in total. The van der Waals surface area contributed by atoms with Gasteiger partial charge in [-0.3, -0.25) is 0 Å². The van der Waals surface area contributed by atoms with E-state index in [1.165, 1.54) is 0 Å². The van der Waals surface area contributed by atoms with Gasteiger partial charge >= 0.3 is 0 Å². The van der Waals surface area contributed by atoms with Gasteiger partial charge in [0.2, 0.25) is 0 Å². The highest BCUT2D eigenvalue weighted by Gasteiger charge is 2.08. The first-order valence-corrected chi connectivity index (χ1v) is 4.74. The van der Waals surface area contributed by atoms with Gasteiger partial charge in [-0.15, -0.1) is 0 Å². The molecule has 0 aromatic heterocycles. The lowest BCUT2D eigenvalue weighted by molar-refractivity contribution is 0.159. The van der Waals surface area contributed by atoms with Crippen molar-refractivity contribution in [2.75, 3.05) is 0 Å². The molecule has 2 nitrogen and oxygen atoms in total. The predicted octanol–water partition coefficient (Wildman–Crippen LogP) is 1.14. The number of benzene rings is 1. The molecule has 1 aromatic rings. The van der Waals surface area contributed by atoms with Crippen molar-refractivity contribution < 1.29 is 5.11 Å². The minimum Gasteiger partial charge on any atom is -0.390 e. The molecule has 0 aliphatic rings. The Labute approximate surface area is 84.8 Å². The quantitative estimate of drug-likeness (QED) is 0.685. The summed E-state index contributed by atoms with van der Waals surface area (Å²) in [5, 5.41) is 9.38. The van der Waals surface area contributed by atoms with Crippen LogP contribution < -0.4 is 5.73 Å². The fraction of sp³-hybridized carbons (Fsp3) is 0.333. The van der Waals surface area contributed by atoms with E-state index in [4.69, 9.17) is 5.73 Å². The molecule has 0 saturated heterocycles. The number of hydrogen-bond acceptors (Lipinski definition) is 2. The fourth-order valence-electron chi connectivity index (χ4n) is 1.04. The van der Waals surface area contributed by atoms with Gasteiger partial charge < -0.3 is 10.8 Å². The van der Waals surface area contributed by atoms with Crippen molar-refractivity contribution in [2.45, 2.75) is 25.5 Å². The molecule has 0 aliphatic heterocycles. The van der Waals surface area contributed by atoms with Crippen LogP contribution in [-0.4, -0.2) is 17.3 Å². The highest BCUT2D eigenvalue weighted by Crippen LogP contribution is 1.97. The molecule has 0 bridgehead atoms. The summed E-state index contributed by atoms with van der Waals surface area (Å²) in [6.07, 6.45) is 0.0937. The van der Waals surface area contributed by atoms with Crippen LogP contribution in [-0.2, 0) is 0 Å². The minimum atomic E-state index is -0.536. The Hall–Kier alpha value is -1.30. The molecule has 1 aromatic carbocycles. The smallest absolute Gasteiger partial charge is 0.0931 e. The van der Waals surface area contributed by atoms with E-state index in [2.05, 4.69) is 11.8 Å². The third-order valence-corrected chi connectivity index (χ3v) is 1.99. The van der Waals surface area contributed by atoms with E-state index in [0.29, 0.717) is 6.42 Å². The maximum atomic E-state index is 9.38. The van der Waals surface area contributed by atoms with Gasteiger partial charge in [-0.05, 0) is 18.6 Å². The zero-order valence-corrected chi connectivity index (χ0v) is 8.27. The number of aliphatic hydroxyl groups excluding tert-OH is 1. The number of nitrogens with two attached hydrogens (primary N) is 1. The van der Waals surface area contributed by atoms with Gasteiger partial charge in [0.25, 0.3) is 0 Å². The first kappa shape index (κ1) is 10.8. The normalized spacial score (nSPS) is 13.9. The molecule has 1 rings (SSSR count). The monoisotopic (exact) mass is 189 g/mol. The van der Waals surface area contributed by atoms with Crippen LogP contribution in [0.1, 0.15) is 18.9 Å². The molecular formula is C12H15NO. The van der Waals surface area contributed by atoms with Crippen LogP contribution in [0.5, 0.6) is 0 Å². The second-order valence-electron chi connectivity index (χ2n) is 3.14. The SMILES string of the molecule is CCC(O)C(N)C#Cc1ccccc1. The number of rotatable bonds is 2. The van der Waals surface area contributed by atoms with Crippen LogP contribution in [0.15, 0.2) is 30.3 Å². The maximum absolute atomic E-state index is 9.38. The van der Waals surface area contributed by atoms with E-state index in [1.54, 1.807) is 0 Å². The Morgan fingerprint density at radius 2 is 2.00 bits per heavy atom. The number of hydrogen-bond donors (Lipinski definition) is 2. The molecule has 2 heteroatoms. The summed E-state index contributed by atoms with van der Waals surface area (Å²) in [7, 11) is 0. The van der Waals surface area contributed by atoms with Gasteiger partial charge in [0.05, 0.1) is 12.1 Å². The molecular weight excluding hydrogens is 174 g/mol. The van der Waals surface area contributed by atoms with Gasteiger partial charge in [-0.25, -0.2) is 0 Å². The first-order valence-electron chi connectivity index (χ1n) is 4.74. The Morgan fingerprint density at radius 1 is 1.36 bits per heavy atom. The molecule has 0 heterocycles. The number of aliphatic hydroxyl groups is 1. The molecule has 0 saturated carbocycles. The van der Waals surface area contributed by atoms with Crippen molar-refractivity contribution in [3.63, 3.8) is 0 Å². The summed E-state index contributed by atoms with van der Waals surface area (Å²) in [6.45, 7) is 1.88. The third kappa shape index (κ3) is 3.21. The molecule has 74 valence electrons. The van der Waals surface area contributed by atoms with E-state index < -0.39 is 12.1 Å². The van der Waals surface area contributed by atoms with Gasteiger partial charge in [0, 0.05) is 5.56 Å². The Morgan fingerprint density at radius 3 is 2.57 bits per heavy atom. The van der Waals surface area contributed by atoms with E-state index in [-0.39, 0.29) is 0 Å². The van der Waals surface area contributed by atoms with Crippen molar-refractivity contribution in [3.8, 4) is 11.8 Å². The molecule has 14 heavy (non-hydrogen) atoms. The van der Waals surface area contributed by atoms with Crippen molar-refractivity contribution in [2.24, 2.45) is 5.73 Å². The van der Waals surface area contributed by atoms with Gasteiger partial charge in [-0.1, -0.05) is 37.0 Å². The van der Waals surface area contributed by atoms with Crippen LogP contribution in [0, 0.1) is 11.8 Å². The maximum Gasteiger partial charge on any atom is 0.0931 e. The second kappa shape index (κ2) is 5.43. The zero-order chi connectivity index (χ0) is 10.4. The Kier molecular flexibility index (Phi) is 4.18. The largest absolute Gasteiger partial charge is 0.390 e. The topological polar surface area (TPSA) is 46.2 Å². The molecule has 0 fully saturated rings. The van der Waals surface area contributed by atoms with Crippen molar-refractivity contribution in [1.29, 1.82) is 0 Å². The fourth-order valence-corrected chi connectivity index (χ4v) is 1.04. The summed E-state index contributed by atoms with van der Waals surface area (Å²) >= 11 is 0. The summed E-state index contributed by atoms with van der Waals surface area (Å²) in [5.41, 5.74) is 6.57. The summed E-state index contributed by atoms with van der Waals surface area (Å²) in [5.74, 6) is 5.75. The molecule has 2 unspecified atom stereocenters. The molecule has 0 spiro atoms. The van der Waals surface area contributed by atoms with Gasteiger partial charge in [0.15, 0.2) is 0 Å². The summed E-state index contributed by atoms with van der Waals surface area (Å²) < 4.78 is 0. The highest BCUT2D eigenvalue weighted by atomic mass is 16.3. The highest BCUT2D eigenvalue weighted by molar-refractivity contribution is 5.34. The Balaban J connectivity index is 2.64. The van der Waals surface area contributed by atoms with Crippen LogP contribution in [0.2, 0.25) is 0 Å². The van der Waals surface area contributed by atoms with Gasteiger partial charge in [-0.2, -0.15) is 0 Å². The first-order chi connectivity index (χ1) is 6.74. The van der Waals surface area contributed by atoms with E-state index >= 15 is 0 Å². The summed E-state index contributed by atoms with van der Waals surface area (Å²) in [6, 6.07) is 9.15. The van der Waals surface area contributed by atoms with E-state index in [0.717, 1.165) is 5.56 Å². The average molecular weight is 189 g/mol. The molecule has 0 aliphatic carbocycles. The van der Waals surface area contributed by atoms with Crippen LogP contribution in [0.4, 0.5) is 0 Å². The summed E-state index contributed by atoms with van der Waals surface area (Å²) in [4.78, 5) is 0. The van der Waals surface area contributed by atoms with Crippen molar-refractivity contribution in [1.82, 2.24) is 0 Å². The lowest BCUT2D eigenvalue weighted by atomic mass is 10.1. The van der Waals surface area contributed by atoms with E-state index in [1.807, 2.05) is 37.3 Å². The third-order valence-electron chi connectivity index (χ3n) is 1.99. The van der Waals surface area contributed by atoms with E-state index in [9.17, 15) is 5.11 Å². The van der Waals surface area contributed by atoms with Gasteiger partial charge in [0.1, 0.15) is 0 Å². The lowest BCUT2D eigenvalue weighted by Gasteiger charge is -2.09. The molecule has 2 atom stereocenters. The minimum absolute atomic E-state index is 0.458. The average Bonchev–Trinajstić information content (AvgIpc) is 2.26. The van der Waals surface area contributed by atoms with Crippen LogP contribution in [0.3, 0.4) is 0 Å². The molecule has 0 radical (unpaired) electrons. The van der Waals surface area contributed by atoms with Crippen LogP contribution in [0.25, 0.3) is 0 Å². The second-order valence-corrected chi connectivity index (χ2v) is 3.14. The lowest BCUT2D eigenvalue weighted by Crippen LogP contribution is -2.32. The predicted molar refractivity (Wildman–Crippen MR) is 57.6 cm³/mol.